The van der Waals surface area contributed by atoms with Crippen molar-refractivity contribution in [3.63, 3.8) is 0 Å². The van der Waals surface area contributed by atoms with Crippen LogP contribution in [0.4, 0.5) is 5.13 Å². The van der Waals surface area contributed by atoms with Gasteiger partial charge in [-0.05, 0) is 22.8 Å². The number of aromatic nitrogens is 1. The molecule has 0 spiro atoms. The van der Waals surface area contributed by atoms with Crippen LogP contribution in [0, 0.1) is 0 Å². The van der Waals surface area contributed by atoms with E-state index in [4.69, 9.17) is 23.2 Å². The lowest BCUT2D eigenvalue weighted by molar-refractivity contribution is -0.116. The second-order valence-corrected chi connectivity index (χ2v) is 9.05. The lowest BCUT2D eigenvalue weighted by Crippen LogP contribution is -2.16. The highest BCUT2D eigenvalue weighted by Gasteiger charge is 2.19. The van der Waals surface area contributed by atoms with Crippen LogP contribution in [0.1, 0.15) is 33.9 Å². The van der Waals surface area contributed by atoms with Crippen LogP contribution >= 0.6 is 34.5 Å². The van der Waals surface area contributed by atoms with Crippen molar-refractivity contribution >= 4 is 45.6 Å². The minimum atomic E-state index is -0.0700. The second kappa shape index (κ2) is 10.1. The van der Waals surface area contributed by atoms with Gasteiger partial charge in [-0.2, -0.15) is 0 Å². The summed E-state index contributed by atoms with van der Waals surface area (Å²) in [5.41, 5.74) is 3.16. The van der Waals surface area contributed by atoms with Crippen molar-refractivity contribution in [3.8, 4) is 0 Å². The van der Waals surface area contributed by atoms with Gasteiger partial charge < -0.3 is 5.32 Å². The van der Waals surface area contributed by atoms with Crippen LogP contribution in [0.25, 0.3) is 0 Å². The predicted molar refractivity (Wildman–Crippen MR) is 129 cm³/mol. The van der Waals surface area contributed by atoms with E-state index in [9.17, 15) is 4.79 Å². The van der Waals surface area contributed by atoms with E-state index >= 15 is 0 Å². The van der Waals surface area contributed by atoms with E-state index < -0.39 is 0 Å². The Labute approximate surface area is 195 Å². The summed E-state index contributed by atoms with van der Waals surface area (Å²) < 4.78 is 0. The minimum absolute atomic E-state index is 0.0212. The molecular weight excluding hydrogens is 447 g/mol. The zero-order valence-corrected chi connectivity index (χ0v) is 18.9. The van der Waals surface area contributed by atoms with Crippen LogP contribution in [0.5, 0.6) is 0 Å². The molecule has 31 heavy (non-hydrogen) atoms. The molecule has 1 aromatic heterocycles. The molecule has 0 radical (unpaired) electrons. The number of benzene rings is 3. The zero-order valence-electron chi connectivity index (χ0n) is 16.6. The molecule has 0 aliphatic heterocycles. The molecule has 0 fully saturated rings. The Hall–Kier alpha value is -2.66. The highest BCUT2D eigenvalue weighted by atomic mass is 35.5. The molecule has 1 N–H and O–H groups in total. The number of rotatable bonds is 7. The monoisotopic (exact) mass is 466 g/mol. The molecule has 6 heteroatoms. The van der Waals surface area contributed by atoms with Crippen LogP contribution in [0.2, 0.25) is 10.0 Å². The summed E-state index contributed by atoms with van der Waals surface area (Å²) in [6, 6.07) is 25.8. The lowest BCUT2D eigenvalue weighted by atomic mass is 9.88. The number of amides is 1. The molecule has 3 aromatic carbocycles. The number of carbonyl (C=O) groups excluding carboxylic acids is 1. The van der Waals surface area contributed by atoms with Crippen molar-refractivity contribution in [2.45, 2.75) is 18.8 Å². The standard InChI is InChI=1S/C25H20Cl2N2OS/c26-22-13-7-12-19(24(22)27)14-20-16-28-25(31-20)29-23(30)15-21(17-8-3-1-4-9-17)18-10-5-2-6-11-18/h1-13,16,21H,14-15H2,(H,28,29,30). The van der Waals surface area contributed by atoms with Gasteiger partial charge in [0, 0.05) is 29.8 Å². The number of nitrogens with zero attached hydrogens (tertiary/aromatic N) is 1. The minimum Gasteiger partial charge on any atom is -0.302 e. The number of thiazole rings is 1. The van der Waals surface area contributed by atoms with Crippen LogP contribution in [0.15, 0.2) is 85.1 Å². The Balaban J connectivity index is 1.46. The molecule has 1 heterocycles. The highest BCUT2D eigenvalue weighted by molar-refractivity contribution is 7.15. The van der Waals surface area contributed by atoms with Crippen molar-refractivity contribution in [1.29, 1.82) is 0 Å². The fourth-order valence-electron chi connectivity index (χ4n) is 3.47. The van der Waals surface area contributed by atoms with E-state index in [2.05, 4.69) is 34.6 Å². The maximum Gasteiger partial charge on any atom is 0.227 e. The topological polar surface area (TPSA) is 42.0 Å². The van der Waals surface area contributed by atoms with Gasteiger partial charge in [-0.3, -0.25) is 4.79 Å². The lowest BCUT2D eigenvalue weighted by Gasteiger charge is -2.17. The third-order valence-corrected chi connectivity index (χ3v) is 6.76. The largest absolute Gasteiger partial charge is 0.302 e. The fourth-order valence-corrected chi connectivity index (χ4v) is 4.71. The summed E-state index contributed by atoms with van der Waals surface area (Å²) in [4.78, 5) is 18.2. The van der Waals surface area contributed by atoms with E-state index in [1.807, 2.05) is 48.5 Å². The van der Waals surface area contributed by atoms with Crippen molar-refractivity contribution in [3.05, 3.63) is 117 Å². The molecule has 0 bridgehead atoms. The summed E-state index contributed by atoms with van der Waals surface area (Å²) in [5.74, 6) is -0.0912. The number of carbonyl (C=O) groups is 1. The molecule has 0 aliphatic rings. The van der Waals surface area contributed by atoms with Crippen molar-refractivity contribution in [2.24, 2.45) is 0 Å². The van der Waals surface area contributed by atoms with Crippen molar-refractivity contribution < 1.29 is 4.79 Å². The predicted octanol–water partition coefficient (Wildman–Crippen LogP) is 7.20. The molecule has 4 aromatic rings. The van der Waals surface area contributed by atoms with Gasteiger partial charge in [-0.25, -0.2) is 4.98 Å². The molecule has 0 saturated heterocycles. The van der Waals surface area contributed by atoms with E-state index in [0.29, 0.717) is 28.0 Å². The van der Waals surface area contributed by atoms with E-state index in [-0.39, 0.29) is 11.8 Å². The molecule has 0 aliphatic carbocycles. The molecular formula is C25H20Cl2N2OS. The Morgan fingerprint density at radius 3 is 2.19 bits per heavy atom. The maximum absolute atomic E-state index is 12.9. The fraction of sp³-hybridized carbons (Fsp3) is 0.120. The summed E-state index contributed by atoms with van der Waals surface area (Å²) in [5, 5.41) is 4.62. The summed E-state index contributed by atoms with van der Waals surface area (Å²) in [6.07, 6.45) is 2.72. The Kier molecular flexibility index (Phi) is 7.03. The summed E-state index contributed by atoms with van der Waals surface area (Å²) in [7, 11) is 0. The van der Waals surface area contributed by atoms with E-state index in [1.54, 1.807) is 12.3 Å². The molecule has 3 nitrogen and oxygen atoms in total. The van der Waals surface area contributed by atoms with Gasteiger partial charge in [0.25, 0.3) is 0 Å². The molecule has 1 amide bonds. The van der Waals surface area contributed by atoms with Gasteiger partial charge in [0.15, 0.2) is 5.13 Å². The normalized spacial score (nSPS) is 10.9. The smallest absolute Gasteiger partial charge is 0.227 e. The van der Waals surface area contributed by atoms with Gasteiger partial charge in [-0.15, -0.1) is 11.3 Å². The maximum atomic E-state index is 12.9. The van der Waals surface area contributed by atoms with Gasteiger partial charge in [0.1, 0.15) is 0 Å². The quantitative estimate of drug-likeness (QED) is 0.312. The van der Waals surface area contributed by atoms with Crippen molar-refractivity contribution in [2.75, 3.05) is 5.32 Å². The Morgan fingerprint density at radius 1 is 0.903 bits per heavy atom. The molecule has 0 unspecified atom stereocenters. The van der Waals surface area contributed by atoms with Gasteiger partial charge in [-0.1, -0.05) is 96.0 Å². The number of nitrogens with one attached hydrogen (secondary N) is 1. The first-order valence-corrected chi connectivity index (χ1v) is 11.4. The second-order valence-electron chi connectivity index (χ2n) is 7.15. The first-order valence-electron chi connectivity index (χ1n) is 9.87. The first-order chi connectivity index (χ1) is 15.1. The Morgan fingerprint density at radius 2 is 1.55 bits per heavy atom. The van der Waals surface area contributed by atoms with Crippen LogP contribution in [-0.2, 0) is 11.2 Å². The number of halogens is 2. The van der Waals surface area contributed by atoms with Gasteiger partial charge in [0.05, 0.1) is 10.0 Å². The third-order valence-electron chi connectivity index (χ3n) is 4.99. The average molecular weight is 467 g/mol. The number of anilines is 1. The van der Waals surface area contributed by atoms with Crippen molar-refractivity contribution in [1.82, 2.24) is 4.98 Å². The van der Waals surface area contributed by atoms with Crippen LogP contribution in [0.3, 0.4) is 0 Å². The average Bonchev–Trinajstić information content (AvgIpc) is 3.23. The van der Waals surface area contributed by atoms with Gasteiger partial charge >= 0.3 is 0 Å². The summed E-state index contributed by atoms with van der Waals surface area (Å²) in [6.45, 7) is 0. The van der Waals surface area contributed by atoms with Crippen LogP contribution < -0.4 is 5.32 Å². The molecule has 4 rings (SSSR count). The van der Waals surface area contributed by atoms with Crippen LogP contribution in [-0.4, -0.2) is 10.9 Å². The van der Waals surface area contributed by atoms with E-state index in [1.165, 1.54) is 11.3 Å². The molecule has 0 saturated carbocycles. The highest BCUT2D eigenvalue weighted by Crippen LogP contribution is 2.31. The Bertz CT molecular complexity index is 1120. The van der Waals surface area contributed by atoms with Gasteiger partial charge in [0.2, 0.25) is 5.91 Å². The zero-order chi connectivity index (χ0) is 21.6. The number of hydrogen-bond acceptors (Lipinski definition) is 3. The third kappa shape index (κ3) is 5.53. The SMILES string of the molecule is O=C(CC(c1ccccc1)c1ccccc1)Nc1ncc(Cc2cccc(Cl)c2Cl)s1. The molecule has 0 atom stereocenters. The number of hydrogen-bond donors (Lipinski definition) is 1. The first kappa shape index (κ1) is 21.6. The molecule has 156 valence electrons. The van der Waals surface area contributed by atoms with E-state index in [0.717, 1.165) is 21.6 Å². The summed E-state index contributed by atoms with van der Waals surface area (Å²) >= 11 is 13.8.